The molecule has 0 saturated carbocycles. The first-order chi connectivity index (χ1) is 15.0. The molecule has 3 aromatic rings. The number of esters is 1. The zero-order chi connectivity index (χ0) is 22.2. The number of rotatable bonds is 9. The first-order valence-corrected chi connectivity index (χ1v) is 10.9. The topological polar surface area (TPSA) is 64.6 Å². The molecule has 0 saturated heterocycles. The van der Waals surface area contributed by atoms with Crippen LogP contribution in [0, 0.1) is 12.7 Å². The highest BCUT2D eigenvalue weighted by Crippen LogP contribution is 2.40. The summed E-state index contributed by atoms with van der Waals surface area (Å²) in [4.78, 5) is 26.0. The van der Waals surface area contributed by atoms with Gasteiger partial charge in [0.15, 0.2) is 0 Å². The van der Waals surface area contributed by atoms with E-state index in [1.54, 1.807) is 19.1 Å². The van der Waals surface area contributed by atoms with Crippen LogP contribution < -0.4 is 10.1 Å². The van der Waals surface area contributed by atoms with Crippen LogP contribution in [0.4, 0.5) is 9.39 Å². The fraction of sp³-hybridized carbons (Fsp3) is 0.250. The summed E-state index contributed by atoms with van der Waals surface area (Å²) in [7, 11) is 0. The van der Waals surface area contributed by atoms with Gasteiger partial charge in [0.2, 0.25) is 5.91 Å². The molecule has 1 aromatic heterocycles. The minimum absolute atomic E-state index is 0.209. The molecular formula is C24H24FNO4S. The summed E-state index contributed by atoms with van der Waals surface area (Å²) in [5.74, 6) is -0.339. The molecule has 2 aromatic carbocycles. The van der Waals surface area contributed by atoms with Gasteiger partial charge < -0.3 is 14.8 Å². The number of aryl methyl sites for hydroxylation is 1. The number of carbonyl (C=O) groups is 2. The maximum absolute atomic E-state index is 13.4. The minimum Gasteiger partial charge on any atom is -0.494 e. The highest BCUT2D eigenvalue weighted by molar-refractivity contribution is 7.17. The average Bonchev–Trinajstić information content (AvgIpc) is 3.08. The van der Waals surface area contributed by atoms with E-state index in [-0.39, 0.29) is 24.8 Å². The minimum atomic E-state index is -0.520. The molecule has 5 nitrogen and oxygen atoms in total. The third kappa shape index (κ3) is 5.92. The van der Waals surface area contributed by atoms with Crippen molar-refractivity contribution in [3.8, 4) is 16.9 Å². The lowest BCUT2D eigenvalue weighted by Crippen LogP contribution is -2.15. The second kappa shape index (κ2) is 10.7. The molecule has 0 aliphatic carbocycles. The molecule has 31 heavy (non-hydrogen) atoms. The molecule has 162 valence electrons. The lowest BCUT2D eigenvalue weighted by Gasteiger charge is -2.09. The van der Waals surface area contributed by atoms with Crippen molar-refractivity contribution in [2.24, 2.45) is 0 Å². The predicted octanol–water partition coefficient (Wildman–Crippen LogP) is 5.84. The molecule has 0 unspecified atom stereocenters. The molecule has 3 rings (SSSR count). The van der Waals surface area contributed by atoms with Gasteiger partial charge in [0.05, 0.1) is 13.2 Å². The van der Waals surface area contributed by atoms with E-state index in [9.17, 15) is 14.0 Å². The monoisotopic (exact) mass is 441 g/mol. The van der Waals surface area contributed by atoms with Crippen molar-refractivity contribution < 1.29 is 23.5 Å². The summed E-state index contributed by atoms with van der Waals surface area (Å²) in [5, 5.41) is 3.27. The Morgan fingerprint density at radius 2 is 1.77 bits per heavy atom. The standard InChI is InChI=1S/C24H24FNO4S/c1-3-29-24(28)22-21(17-11-13-18(25)14-12-17)16(2)31-23(22)26-20(27)10-7-15-30-19-8-5-4-6-9-19/h4-6,8-9,11-14H,3,7,10,15H2,1-2H3,(H,26,27). The summed E-state index contributed by atoms with van der Waals surface area (Å²) < 4.78 is 24.2. The normalized spacial score (nSPS) is 10.5. The number of thiophene rings is 1. The number of benzene rings is 2. The van der Waals surface area contributed by atoms with Crippen molar-refractivity contribution >= 4 is 28.2 Å². The highest BCUT2D eigenvalue weighted by Gasteiger charge is 2.25. The fourth-order valence-electron chi connectivity index (χ4n) is 3.12. The number of halogens is 1. The van der Waals surface area contributed by atoms with Crippen LogP contribution in [0.15, 0.2) is 54.6 Å². The smallest absolute Gasteiger partial charge is 0.341 e. The van der Waals surface area contributed by atoms with Gasteiger partial charge >= 0.3 is 5.97 Å². The van der Waals surface area contributed by atoms with E-state index < -0.39 is 5.97 Å². The van der Waals surface area contributed by atoms with Crippen LogP contribution in [0.1, 0.15) is 35.0 Å². The van der Waals surface area contributed by atoms with Gasteiger partial charge in [-0.1, -0.05) is 30.3 Å². The molecule has 0 aliphatic heterocycles. The van der Waals surface area contributed by atoms with E-state index in [1.807, 2.05) is 37.3 Å². The van der Waals surface area contributed by atoms with Crippen LogP contribution in [-0.2, 0) is 9.53 Å². The fourth-order valence-corrected chi connectivity index (χ4v) is 4.20. The van der Waals surface area contributed by atoms with Crippen molar-refractivity contribution in [2.75, 3.05) is 18.5 Å². The average molecular weight is 442 g/mol. The van der Waals surface area contributed by atoms with Crippen molar-refractivity contribution in [3.05, 3.63) is 70.9 Å². The van der Waals surface area contributed by atoms with E-state index in [0.29, 0.717) is 34.7 Å². The van der Waals surface area contributed by atoms with E-state index >= 15 is 0 Å². The van der Waals surface area contributed by atoms with Crippen molar-refractivity contribution in [2.45, 2.75) is 26.7 Å². The van der Waals surface area contributed by atoms with E-state index in [2.05, 4.69) is 5.32 Å². The van der Waals surface area contributed by atoms with Gasteiger partial charge in [-0.25, -0.2) is 9.18 Å². The molecule has 0 bridgehead atoms. The number of ether oxygens (including phenoxy) is 2. The number of anilines is 1. The Morgan fingerprint density at radius 1 is 1.06 bits per heavy atom. The largest absolute Gasteiger partial charge is 0.494 e. The van der Waals surface area contributed by atoms with Gasteiger partial charge in [-0.3, -0.25) is 4.79 Å². The molecule has 7 heteroatoms. The van der Waals surface area contributed by atoms with Crippen LogP contribution in [0.25, 0.3) is 11.1 Å². The summed E-state index contributed by atoms with van der Waals surface area (Å²) in [6.07, 6.45) is 0.780. The molecule has 0 fully saturated rings. The van der Waals surface area contributed by atoms with E-state index in [1.165, 1.54) is 23.5 Å². The molecule has 0 radical (unpaired) electrons. The van der Waals surface area contributed by atoms with Gasteiger partial charge in [-0.2, -0.15) is 0 Å². The summed E-state index contributed by atoms with van der Waals surface area (Å²) >= 11 is 1.30. The molecule has 1 N–H and O–H groups in total. The predicted molar refractivity (Wildman–Crippen MR) is 120 cm³/mol. The van der Waals surface area contributed by atoms with Crippen LogP contribution in [0.2, 0.25) is 0 Å². The first-order valence-electron chi connectivity index (χ1n) is 10.0. The lowest BCUT2D eigenvalue weighted by atomic mass is 10.0. The van der Waals surface area contributed by atoms with E-state index in [4.69, 9.17) is 9.47 Å². The maximum Gasteiger partial charge on any atom is 0.341 e. The quantitative estimate of drug-likeness (QED) is 0.335. The third-order valence-electron chi connectivity index (χ3n) is 4.51. The Labute approximate surface area is 184 Å². The Kier molecular flexibility index (Phi) is 7.78. The number of carbonyl (C=O) groups excluding carboxylic acids is 2. The van der Waals surface area contributed by atoms with Crippen LogP contribution in [0.3, 0.4) is 0 Å². The number of hydrogen-bond donors (Lipinski definition) is 1. The van der Waals surface area contributed by atoms with E-state index in [0.717, 1.165) is 10.6 Å². The van der Waals surface area contributed by atoms with Gasteiger partial charge in [-0.15, -0.1) is 11.3 Å². The second-order valence-electron chi connectivity index (χ2n) is 6.78. The number of para-hydroxylation sites is 1. The van der Waals surface area contributed by atoms with Gasteiger partial charge in [0.25, 0.3) is 0 Å². The van der Waals surface area contributed by atoms with Gasteiger partial charge in [0.1, 0.15) is 22.1 Å². The molecular weight excluding hydrogens is 417 g/mol. The molecule has 1 amide bonds. The second-order valence-corrected chi connectivity index (χ2v) is 8.00. The molecule has 0 spiro atoms. The first kappa shape index (κ1) is 22.5. The van der Waals surface area contributed by atoms with Crippen LogP contribution >= 0.6 is 11.3 Å². The lowest BCUT2D eigenvalue weighted by molar-refractivity contribution is -0.116. The summed E-state index contributed by atoms with van der Waals surface area (Å²) in [5.41, 5.74) is 1.63. The summed E-state index contributed by atoms with van der Waals surface area (Å²) in [6.45, 7) is 4.20. The maximum atomic E-state index is 13.4. The van der Waals surface area contributed by atoms with Crippen molar-refractivity contribution in [1.82, 2.24) is 0 Å². The number of amides is 1. The van der Waals surface area contributed by atoms with Gasteiger partial charge in [0, 0.05) is 16.9 Å². The zero-order valence-corrected chi connectivity index (χ0v) is 18.3. The summed E-state index contributed by atoms with van der Waals surface area (Å²) in [6, 6.07) is 15.3. The van der Waals surface area contributed by atoms with Crippen molar-refractivity contribution in [1.29, 1.82) is 0 Å². The molecule has 0 atom stereocenters. The van der Waals surface area contributed by atoms with Gasteiger partial charge in [-0.05, 0) is 50.1 Å². The van der Waals surface area contributed by atoms with Crippen LogP contribution in [0.5, 0.6) is 5.75 Å². The number of hydrogen-bond acceptors (Lipinski definition) is 5. The number of nitrogens with one attached hydrogen (secondary N) is 1. The van der Waals surface area contributed by atoms with Crippen molar-refractivity contribution in [3.63, 3.8) is 0 Å². The third-order valence-corrected chi connectivity index (χ3v) is 5.53. The Hall–Kier alpha value is -3.19. The Morgan fingerprint density at radius 3 is 2.45 bits per heavy atom. The van der Waals surface area contributed by atoms with Crippen LogP contribution in [-0.4, -0.2) is 25.1 Å². The Balaban J connectivity index is 1.72. The SMILES string of the molecule is CCOC(=O)c1c(NC(=O)CCCOc2ccccc2)sc(C)c1-c1ccc(F)cc1. The molecule has 0 aliphatic rings. The highest BCUT2D eigenvalue weighted by atomic mass is 32.1. The Bertz CT molecular complexity index is 1030. The zero-order valence-electron chi connectivity index (χ0n) is 17.4. The molecule has 1 heterocycles.